The van der Waals surface area contributed by atoms with E-state index in [1.165, 1.54) is 0 Å². The van der Waals surface area contributed by atoms with E-state index in [1.807, 2.05) is 30.3 Å². The van der Waals surface area contributed by atoms with Crippen LogP contribution >= 0.6 is 0 Å². The molecule has 0 atom stereocenters. The summed E-state index contributed by atoms with van der Waals surface area (Å²) in [5.41, 5.74) is 7.12. The van der Waals surface area contributed by atoms with E-state index >= 15 is 0 Å². The van der Waals surface area contributed by atoms with Gasteiger partial charge < -0.3 is 14.6 Å². The number of para-hydroxylation sites is 1. The Morgan fingerprint density at radius 1 is 0.880 bits per heavy atom. The maximum absolute atomic E-state index is 13.5. The van der Waals surface area contributed by atoms with Crippen LogP contribution in [0.3, 0.4) is 0 Å². The van der Waals surface area contributed by atoms with Crippen LogP contribution in [0.4, 0.5) is 0 Å². The Labute approximate surface area is 287 Å². The second-order valence-corrected chi connectivity index (χ2v) is 11.6. The Balaban J connectivity index is 1.16. The second kappa shape index (κ2) is 16.1. The molecule has 6 aromatic rings. The molecule has 0 saturated carbocycles. The molecule has 256 valence electrons. The Hall–Kier alpha value is -5.80. The largest absolute Gasteiger partial charge is 0.460 e. The van der Waals surface area contributed by atoms with Gasteiger partial charge in [-0.2, -0.15) is 5.21 Å². The van der Waals surface area contributed by atoms with Crippen LogP contribution in [-0.4, -0.2) is 64.4 Å². The Kier molecular flexibility index (Phi) is 10.9. The van der Waals surface area contributed by atoms with Crippen LogP contribution in [-0.2, 0) is 40.5 Å². The van der Waals surface area contributed by atoms with E-state index in [4.69, 9.17) is 20.1 Å². The first-order valence-electron chi connectivity index (χ1n) is 16.1. The van der Waals surface area contributed by atoms with Gasteiger partial charge in [-0.1, -0.05) is 92.2 Å². The number of nitrogens with one attached hydrogen (secondary N) is 2. The summed E-state index contributed by atoms with van der Waals surface area (Å²) in [6, 6.07) is 28.4. The number of aromatic nitrogens is 6. The number of carbonyl (C=O) groups excluding carboxylic acids is 2. The molecule has 0 spiro atoms. The third-order valence-corrected chi connectivity index (χ3v) is 8.13. The number of amides is 1. The smallest absolute Gasteiger partial charge is 0.325 e. The van der Waals surface area contributed by atoms with Crippen LogP contribution in [0.5, 0.6) is 0 Å². The molecule has 0 fully saturated rings. The first-order chi connectivity index (χ1) is 24.4. The highest BCUT2D eigenvalue weighted by Gasteiger charge is 2.20. The molecule has 0 unspecified atom stereocenters. The molecule has 6 rings (SSSR count). The summed E-state index contributed by atoms with van der Waals surface area (Å²) in [6.45, 7) is 2.28. The molecule has 1 amide bonds. The molecule has 14 heteroatoms. The van der Waals surface area contributed by atoms with Gasteiger partial charge in [0.05, 0.1) is 28.6 Å². The van der Waals surface area contributed by atoms with Crippen LogP contribution in [0.2, 0.25) is 0 Å². The van der Waals surface area contributed by atoms with E-state index in [2.05, 4.69) is 66.5 Å². The fraction of sp³-hybridized carbons (Fsp3) is 0.222. The lowest BCUT2D eigenvalue weighted by atomic mass is 9.98. The number of imidazole rings is 1. The molecule has 0 aliphatic heterocycles. The van der Waals surface area contributed by atoms with Crippen LogP contribution < -0.4 is 5.32 Å². The molecule has 2 heterocycles. The number of fused-ring (bicyclic) bond motifs is 1. The number of esters is 1. The number of ether oxygens (including phenoxy) is 1. The summed E-state index contributed by atoms with van der Waals surface area (Å²) in [6.07, 6.45) is 2.70. The van der Waals surface area contributed by atoms with Gasteiger partial charge in [-0.3, -0.25) is 20.0 Å². The molecule has 4 aromatic carbocycles. The topological polar surface area (TPSA) is 181 Å². The van der Waals surface area contributed by atoms with E-state index in [0.29, 0.717) is 34.5 Å². The highest BCUT2D eigenvalue weighted by Crippen LogP contribution is 2.30. The Morgan fingerprint density at radius 3 is 2.30 bits per heavy atom. The molecular weight excluding hydrogens is 640 g/mol. The van der Waals surface area contributed by atoms with Crippen LogP contribution in [0.1, 0.15) is 52.6 Å². The van der Waals surface area contributed by atoms with Crippen molar-refractivity contribution >= 4 is 22.9 Å². The molecule has 0 aliphatic carbocycles. The number of aromatic amines is 1. The monoisotopic (exact) mass is 676 g/mol. The highest BCUT2D eigenvalue weighted by molar-refractivity contribution is 6.06. The molecule has 0 saturated heterocycles. The minimum absolute atomic E-state index is 0.00653. The molecule has 0 radical (unpaired) electrons. The number of tetrazole rings is 1. The summed E-state index contributed by atoms with van der Waals surface area (Å²) >= 11 is 0. The average molecular weight is 677 g/mol. The minimum Gasteiger partial charge on any atom is -0.460 e. The van der Waals surface area contributed by atoms with Gasteiger partial charge in [0.1, 0.15) is 19.0 Å². The van der Waals surface area contributed by atoms with Crippen molar-refractivity contribution in [2.24, 2.45) is 0 Å². The van der Waals surface area contributed by atoms with Gasteiger partial charge in [0.15, 0.2) is 0 Å². The zero-order valence-electron chi connectivity index (χ0n) is 27.3. The normalized spacial score (nSPS) is 11.3. The van der Waals surface area contributed by atoms with E-state index in [-0.39, 0.29) is 25.1 Å². The minimum atomic E-state index is -0.590. The Morgan fingerprint density at radius 2 is 1.60 bits per heavy atom. The number of benzene rings is 4. The number of H-pyrrole nitrogens is 1. The molecule has 50 heavy (non-hydrogen) atoms. The van der Waals surface area contributed by atoms with Crippen molar-refractivity contribution < 1.29 is 29.6 Å². The van der Waals surface area contributed by atoms with Crippen molar-refractivity contribution in [2.45, 2.75) is 45.9 Å². The van der Waals surface area contributed by atoms with Crippen molar-refractivity contribution in [3.05, 3.63) is 119 Å². The summed E-state index contributed by atoms with van der Waals surface area (Å²) in [5, 5.41) is 34.2. The van der Waals surface area contributed by atoms with Crippen LogP contribution in [0.15, 0.2) is 91.0 Å². The van der Waals surface area contributed by atoms with Gasteiger partial charge in [-0.25, -0.2) is 9.82 Å². The van der Waals surface area contributed by atoms with Gasteiger partial charge in [-0.05, 0) is 51.6 Å². The van der Waals surface area contributed by atoms with Gasteiger partial charge >= 0.3 is 5.97 Å². The van der Waals surface area contributed by atoms with Crippen molar-refractivity contribution in [1.82, 2.24) is 40.9 Å². The average Bonchev–Trinajstić information content (AvgIpc) is 3.81. The summed E-state index contributed by atoms with van der Waals surface area (Å²) in [7, 11) is 0. The third-order valence-electron chi connectivity index (χ3n) is 8.13. The first-order valence-corrected chi connectivity index (χ1v) is 16.1. The number of nitrogens with zero attached hydrogens (tertiary/aromatic N) is 6. The zero-order chi connectivity index (χ0) is 34.9. The highest BCUT2D eigenvalue weighted by atomic mass is 17.1. The molecule has 0 aliphatic rings. The van der Waals surface area contributed by atoms with E-state index in [9.17, 15) is 9.59 Å². The Bertz CT molecular complexity index is 2040. The number of unbranched alkanes of at least 4 members (excludes halogenated alkanes) is 1. The summed E-state index contributed by atoms with van der Waals surface area (Å²) in [4.78, 5) is 35.6. The molecule has 14 nitrogen and oxygen atoms in total. The van der Waals surface area contributed by atoms with Gasteiger partial charge in [0.2, 0.25) is 5.82 Å². The standard InChI is InChI=1S/C36H36N8O6/c1-2-3-11-32-38-31-10-6-9-30(36(46)37-20-33(45)49-22-25-12-14-26(15-13-25)23-50-44(47)48)34(31)43(32)21-24-16-18-27(19-17-24)28-7-4-5-8-29(28)35-39-41-42-40-35/h4-10,12-19,47-48H,2-3,11,20-23H2,1H3,(H,37,46)(H,39,40,41,42). The van der Waals surface area contributed by atoms with Gasteiger partial charge in [0, 0.05) is 18.5 Å². The lowest BCUT2D eigenvalue weighted by molar-refractivity contribution is -0.497. The predicted molar refractivity (Wildman–Crippen MR) is 181 cm³/mol. The SMILES string of the molecule is CCCCc1nc2cccc(C(=O)NCC(=O)OCc3ccc(CON(O)O)cc3)c2n1Cc1ccc(-c2ccccc2-c2nn[nH]n2)cc1. The fourth-order valence-corrected chi connectivity index (χ4v) is 5.62. The van der Waals surface area contributed by atoms with E-state index in [1.54, 1.807) is 36.4 Å². The summed E-state index contributed by atoms with van der Waals surface area (Å²) < 4.78 is 7.45. The number of hydrogen-bond acceptors (Lipinski definition) is 11. The fourth-order valence-electron chi connectivity index (χ4n) is 5.62. The van der Waals surface area contributed by atoms with Crippen molar-refractivity contribution in [3.63, 3.8) is 0 Å². The quantitative estimate of drug-likeness (QED) is 0.0823. The second-order valence-electron chi connectivity index (χ2n) is 11.6. The zero-order valence-corrected chi connectivity index (χ0v) is 27.3. The molecular formula is C36H36N8O6. The van der Waals surface area contributed by atoms with Gasteiger partial charge in [0.25, 0.3) is 5.91 Å². The maximum Gasteiger partial charge on any atom is 0.325 e. The number of hydrogen-bond donors (Lipinski definition) is 4. The third kappa shape index (κ3) is 8.25. The molecule has 2 aromatic heterocycles. The predicted octanol–water partition coefficient (Wildman–Crippen LogP) is 5.26. The lowest BCUT2D eigenvalue weighted by Gasteiger charge is -2.13. The maximum atomic E-state index is 13.5. The van der Waals surface area contributed by atoms with Crippen molar-refractivity contribution in [3.8, 4) is 22.5 Å². The number of carbonyl (C=O) groups is 2. The summed E-state index contributed by atoms with van der Waals surface area (Å²) in [5.74, 6) is 0.408. The number of rotatable bonds is 15. The van der Waals surface area contributed by atoms with Crippen molar-refractivity contribution in [2.75, 3.05) is 6.54 Å². The van der Waals surface area contributed by atoms with Crippen LogP contribution in [0.25, 0.3) is 33.5 Å². The van der Waals surface area contributed by atoms with E-state index in [0.717, 1.165) is 52.9 Å². The van der Waals surface area contributed by atoms with Crippen LogP contribution in [0, 0.1) is 0 Å². The first kappa shape index (κ1) is 34.1. The lowest BCUT2D eigenvalue weighted by Crippen LogP contribution is -2.31. The van der Waals surface area contributed by atoms with Gasteiger partial charge in [-0.15, -0.1) is 10.2 Å². The molecule has 0 bridgehead atoms. The van der Waals surface area contributed by atoms with E-state index < -0.39 is 11.9 Å². The van der Waals surface area contributed by atoms with Crippen molar-refractivity contribution in [1.29, 1.82) is 0 Å². The molecule has 4 N–H and O–H groups in total. The number of aryl methyl sites for hydroxylation is 1.